The van der Waals surface area contributed by atoms with Gasteiger partial charge in [-0.2, -0.15) is 0 Å². The van der Waals surface area contributed by atoms with Gasteiger partial charge in [-0.05, 0) is 66.9 Å². The summed E-state index contributed by atoms with van der Waals surface area (Å²) in [5.41, 5.74) is 4.54. The summed E-state index contributed by atoms with van der Waals surface area (Å²) >= 11 is 1.06. The van der Waals surface area contributed by atoms with Crippen molar-refractivity contribution in [2.75, 3.05) is 23.9 Å². The van der Waals surface area contributed by atoms with Gasteiger partial charge < -0.3 is 14.7 Å². The van der Waals surface area contributed by atoms with Crippen molar-refractivity contribution in [3.8, 4) is 5.75 Å². The molecule has 214 valence electrons. The van der Waals surface area contributed by atoms with Gasteiger partial charge in [-0.1, -0.05) is 47.7 Å². The Morgan fingerprint density at radius 3 is 2.26 bits per heavy atom. The van der Waals surface area contributed by atoms with E-state index in [9.17, 15) is 19.5 Å². The molecule has 1 unspecified atom stereocenters. The lowest BCUT2D eigenvalue weighted by Crippen LogP contribution is -2.29. The maximum Gasteiger partial charge on any atom is 0.301 e. The summed E-state index contributed by atoms with van der Waals surface area (Å²) in [7, 11) is 3.83. The van der Waals surface area contributed by atoms with E-state index in [0.29, 0.717) is 34.1 Å². The van der Waals surface area contributed by atoms with Gasteiger partial charge in [0.15, 0.2) is 10.9 Å². The highest BCUT2D eigenvalue weighted by Gasteiger charge is 2.48. The number of carbonyl (C=O) groups is 3. The van der Waals surface area contributed by atoms with Crippen LogP contribution in [0.4, 0.5) is 10.8 Å². The first kappa shape index (κ1) is 28.8. The Hall–Kier alpha value is -4.76. The van der Waals surface area contributed by atoms with Crippen LogP contribution < -0.4 is 14.5 Å². The number of hydrogen-bond donors (Lipinski definition) is 1. The maximum atomic E-state index is 13.5. The first-order valence-electron chi connectivity index (χ1n) is 13.4. The van der Waals surface area contributed by atoms with Crippen LogP contribution in [0.15, 0.2) is 78.4 Å². The molecule has 42 heavy (non-hydrogen) atoms. The number of thiazole rings is 1. The van der Waals surface area contributed by atoms with Crippen molar-refractivity contribution < 1.29 is 24.2 Å². The van der Waals surface area contributed by atoms with E-state index in [-0.39, 0.29) is 22.2 Å². The molecule has 1 aliphatic heterocycles. The number of rotatable bonds is 8. The Morgan fingerprint density at radius 2 is 1.67 bits per heavy atom. The molecule has 1 saturated heterocycles. The van der Waals surface area contributed by atoms with Crippen LogP contribution in [-0.4, -0.2) is 41.7 Å². The Labute approximate surface area is 248 Å². The summed E-state index contributed by atoms with van der Waals surface area (Å²) in [5, 5.41) is 11.7. The molecule has 1 fully saturated rings. The van der Waals surface area contributed by atoms with E-state index in [1.807, 2.05) is 74.4 Å². The SMILES string of the molecule is CC(=O)c1sc(N2C(=O)C(=O)C(=C(O)c3ccc(OCc4ccccc4C)cc3)C2c2ccc(N(C)C)cc2)nc1C. The van der Waals surface area contributed by atoms with Crippen LogP contribution in [0.5, 0.6) is 5.75 Å². The van der Waals surface area contributed by atoms with Gasteiger partial charge in [0.1, 0.15) is 18.1 Å². The number of hydrogen-bond acceptors (Lipinski definition) is 8. The number of ketones is 2. The summed E-state index contributed by atoms with van der Waals surface area (Å²) in [6, 6.07) is 21.2. The number of amides is 1. The average Bonchev–Trinajstić information content (AvgIpc) is 3.49. The predicted molar refractivity (Wildman–Crippen MR) is 164 cm³/mol. The fourth-order valence-corrected chi connectivity index (χ4v) is 5.90. The number of benzene rings is 3. The summed E-state index contributed by atoms with van der Waals surface area (Å²) in [4.78, 5) is 47.3. The number of carbonyl (C=O) groups excluding carboxylic acids is 3. The molecule has 9 heteroatoms. The van der Waals surface area contributed by atoms with Gasteiger partial charge in [-0.25, -0.2) is 4.98 Å². The molecule has 1 aliphatic rings. The molecular formula is C33H31N3O5S. The zero-order valence-electron chi connectivity index (χ0n) is 24.0. The third-order valence-corrected chi connectivity index (χ3v) is 8.52. The number of aliphatic hydroxyl groups excluding tert-OH is 1. The van der Waals surface area contributed by atoms with Crippen LogP contribution in [-0.2, 0) is 16.2 Å². The van der Waals surface area contributed by atoms with E-state index in [0.717, 1.165) is 28.2 Å². The van der Waals surface area contributed by atoms with Crippen molar-refractivity contribution in [1.29, 1.82) is 0 Å². The number of aliphatic hydroxyl groups is 1. The molecule has 5 rings (SSSR count). The lowest BCUT2D eigenvalue weighted by molar-refractivity contribution is -0.132. The van der Waals surface area contributed by atoms with E-state index in [1.54, 1.807) is 31.2 Å². The fraction of sp³-hybridized carbons (Fsp3) is 0.212. The summed E-state index contributed by atoms with van der Waals surface area (Å²) < 4.78 is 5.93. The van der Waals surface area contributed by atoms with Crippen LogP contribution in [0.25, 0.3) is 5.76 Å². The van der Waals surface area contributed by atoms with Crippen molar-refractivity contribution >= 4 is 45.4 Å². The minimum absolute atomic E-state index is 0.0524. The van der Waals surface area contributed by atoms with Gasteiger partial charge in [0.05, 0.1) is 22.2 Å². The van der Waals surface area contributed by atoms with Crippen molar-refractivity contribution in [3.63, 3.8) is 0 Å². The quantitative estimate of drug-likeness (QED) is 0.114. The molecule has 2 heterocycles. The number of Topliss-reactive ketones (excluding diaryl/α,β-unsaturated/α-hetero) is 2. The molecule has 0 spiro atoms. The number of anilines is 2. The lowest BCUT2D eigenvalue weighted by Gasteiger charge is -2.23. The van der Waals surface area contributed by atoms with Gasteiger partial charge in [-0.3, -0.25) is 19.3 Å². The van der Waals surface area contributed by atoms with Gasteiger partial charge in [-0.15, -0.1) is 0 Å². The van der Waals surface area contributed by atoms with Gasteiger partial charge >= 0.3 is 5.91 Å². The minimum atomic E-state index is -0.941. The summed E-state index contributed by atoms with van der Waals surface area (Å²) in [6.07, 6.45) is 0. The summed E-state index contributed by atoms with van der Waals surface area (Å²) in [5.74, 6) is -1.53. The topological polar surface area (TPSA) is 100 Å². The minimum Gasteiger partial charge on any atom is -0.507 e. The standard InChI is InChI=1S/C33H31N3O5S/c1-19-8-6-7-9-24(19)18-41-26-16-12-23(13-17-26)29(38)27-28(22-10-14-25(15-11-22)35(4)5)36(32(40)30(27)39)33-34-20(2)31(42-33)21(3)37/h6-17,28,38H,18H2,1-5H3. The molecule has 1 atom stereocenters. The van der Waals surface area contributed by atoms with Crippen molar-refractivity contribution in [1.82, 2.24) is 4.98 Å². The summed E-state index contributed by atoms with van der Waals surface area (Å²) in [6.45, 7) is 5.54. The van der Waals surface area contributed by atoms with Crippen LogP contribution in [0, 0.1) is 13.8 Å². The number of aromatic nitrogens is 1. The second-order valence-electron chi connectivity index (χ2n) is 10.4. The number of nitrogens with zero attached hydrogens (tertiary/aromatic N) is 3. The lowest BCUT2D eigenvalue weighted by atomic mass is 9.95. The Balaban J connectivity index is 1.54. The molecular weight excluding hydrogens is 550 g/mol. The predicted octanol–water partition coefficient (Wildman–Crippen LogP) is 6.23. The van der Waals surface area contributed by atoms with E-state index in [2.05, 4.69) is 4.98 Å². The molecule has 1 N–H and O–H groups in total. The second kappa shape index (κ2) is 11.6. The molecule has 1 amide bonds. The fourth-order valence-electron chi connectivity index (χ4n) is 4.91. The molecule has 1 aromatic heterocycles. The normalized spacial score (nSPS) is 16.1. The van der Waals surface area contributed by atoms with Gasteiger partial charge in [0.2, 0.25) is 0 Å². The molecule has 8 nitrogen and oxygen atoms in total. The molecule has 0 saturated carbocycles. The van der Waals surface area contributed by atoms with Gasteiger partial charge in [0.25, 0.3) is 5.78 Å². The first-order chi connectivity index (χ1) is 20.1. The zero-order chi connectivity index (χ0) is 30.1. The van der Waals surface area contributed by atoms with Crippen LogP contribution in [0.1, 0.15) is 50.6 Å². The van der Waals surface area contributed by atoms with E-state index in [4.69, 9.17) is 4.74 Å². The molecule has 0 bridgehead atoms. The third kappa shape index (κ3) is 5.43. The maximum absolute atomic E-state index is 13.5. The molecule has 0 radical (unpaired) electrons. The van der Waals surface area contributed by atoms with Gasteiger partial charge in [0, 0.05) is 32.3 Å². The van der Waals surface area contributed by atoms with E-state index in [1.165, 1.54) is 11.8 Å². The molecule has 4 aromatic rings. The van der Waals surface area contributed by atoms with Crippen LogP contribution in [0.3, 0.4) is 0 Å². The first-order valence-corrected chi connectivity index (χ1v) is 14.2. The Morgan fingerprint density at radius 1 is 1.00 bits per heavy atom. The Kier molecular flexibility index (Phi) is 7.95. The zero-order valence-corrected chi connectivity index (χ0v) is 24.9. The van der Waals surface area contributed by atoms with Crippen molar-refractivity contribution in [2.45, 2.75) is 33.4 Å². The second-order valence-corrected chi connectivity index (χ2v) is 11.3. The highest BCUT2D eigenvalue weighted by molar-refractivity contribution is 7.18. The smallest absolute Gasteiger partial charge is 0.301 e. The van der Waals surface area contributed by atoms with Crippen molar-refractivity contribution in [2.24, 2.45) is 0 Å². The number of ether oxygens (including phenoxy) is 1. The Bertz CT molecular complexity index is 1700. The highest BCUT2D eigenvalue weighted by atomic mass is 32.1. The van der Waals surface area contributed by atoms with Crippen molar-refractivity contribution in [3.05, 3.63) is 111 Å². The number of aryl methyl sites for hydroxylation is 2. The average molecular weight is 582 g/mol. The van der Waals surface area contributed by atoms with Crippen LogP contribution >= 0.6 is 11.3 Å². The van der Waals surface area contributed by atoms with E-state index < -0.39 is 17.7 Å². The monoisotopic (exact) mass is 581 g/mol. The third-order valence-electron chi connectivity index (χ3n) is 7.26. The largest absolute Gasteiger partial charge is 0.507 e. The molecule has 0 aliphatic carbocycles. The molecule has 3 aromatic carbocycles. The van der Waals surface area contributed by atoms with E-state index >= 15 is 0 Å². The van der Waals surface area contributed by atoms with Crippen LogP contribution in [0.2, 0.25) is 0 Å². The highest BCUT2D eigenvalue weighted by Crippen LogP contribution is 2.44.